The Morgan fingerprint density at radius 1 is 1.16 bits per heavy atom. The van der Waals surface area contributed by atoms with Crippen LogP contribution in [0.2, 0.25) is 0 Å². The van der Waals surface area contributed by atoms with Crippen molar-refractivity contribution in [3.05, 3.63) is 47.7 Å². The first-order valence-corrected chi connectivity index (χ1v) is 8.16. The molecule has 0 bridgehead atoms. The van der Waals surface area contributed by atoms with Gasteiger partial charge in [0, 0.05) is 31.4 Å². The van der Waals surface area contributed by atoms with Gasteiger partial charge in [0.1, 0.15) is 16.9 Å². The van der Waals surface area contributed by atoms with Crippen LogP contribution in [0.25, 0.3) is 11.0 Å². The largest absolute Gasteiger partial charge is 0.378 e. The molecule has 3 aromatic rings. The molecule has 0 spiro atoms. The monoisotopic (exact) mass is 338 g/mol. The minimum Gasteiger partial charge on any atom is -0.378 e. The summed E-state index contributed by atoms with van der Waals surface area (Å²) in [5.74, 6) is 0.789. The molecule has 25 heavy (non-hydrogen) atoms. The van der Waals surface area contributed by atoms with E-state index in [1.807, 2.05) is 12.1 Å². The molecule has 128 valence electrons. The molecule has 1 amide bonds. The van der Waals surface area contributed by atoms with Crippen molar-refractivity contribution in [1.82, 2.24) is 25.7 Å². The SMILES string of the molecule is O=C(NCc1ccc(N2CCOCC2)nc1)c1ccc2n[nH]nc2c1. The highest BCUT2D eigenvalue weighted by Crippen LogP contribution is 2.14. The molecule has 8 nitrogen and oxygen atoms in total. The van der Waals surface area contributed by atoms with Crippen molar-refractivity contribution in [2.24, 2.45) is 0 Å². The lowest BCUT2D eigenvalue weighted by Gasteiger charge is -2.27. The molecular weight excluding hydrogens is 320 g/mol. The number of rotatable bonds is 4. The van der Waals surface area contributed by atoms with Gasteiger partial charge in [-0.25, -0.2) is 4.98 Å². The second-order valence-corrected chi connectivity index (χ2v) is 5.83. The van der Waals surface area contributed by atoms with Crippen molar-refractivity contribution < 1.29 is 9.53 Å². The molecule has 1 aliphatic heterocycles. The van der Waals surface area contributed by atoms with Gasteiger partial charge < -0.3 is 15.0 Å². The molecule has 0 atom stereocenters. The van der Waals surface area contributed by atoms with E-state index in [9.17, 15) is 4.79 Å². The lowest BCUT2D eigenvalue weighted by atomic mass is 10.2. The summed E-state index contributed by atoms with van der Waals surface area (Å²) in [6.07, 6.45) is 1.80. The number of H-pyrrole nitrogens is 1. The maximum Gasteiger partial charge on any atom is 0.251 e. The summed E-state index contributed by atoms with van der Waals surface area (Å²) in [4.78, 5) is 19.0. The third-order valence-corrected chi connectivity index (χ3v) is 4.18. The van der Waals surface area contributed by atoms with Gasteiger partial charge in [0.25, 0.3) is 5.91 Å². The number of nitrogens with one attached hydrogen (secondary N) is 2. The molecule has 4 rings (SSSR count). The predicted molar refractivity (Wildman–Crippen MR) is 92.3 cm³/mol. The van der Waals surface area contributed by atoms with Gasteiger partial charge in [-0.3, -0.25) is 4.79 Å². The Labute approximate surface area is 144 Å². The molecule has 0 unspecified atom stereocenters. The van der Waals surface area contributed by atoms with Gasteiger partial charge in [-0.1, -0.05) is 6.07 Å². The minimum atomic E-state index is -0.151. The maximum atomic E-state index is 12.3. The van der Waals surface area contributed by atoms with Gasteiger partial charge in [-0.15, -0.1) is 0 Å². The topological polar surface area (TPSA) is 96.0 Å². The number of benzene rings is 1. The molecular formula is C17H18N6O2. The predicted octanol–water partition coefficient (Wildman–Crippen LogP) is 1.12. The first kappa shape index (κ1) is 15.5. The van der Waals surface area contributed by atoms with Crippen LogP contribution >= 0.6 is 0 Å². The van der Waals surface area contributed by atoms with Gasteiger partial charge in [0.05, 0.1) is 13.2 Å². The van der Waals surface area contributed by atoms with E-state index in [0.29, 0.717) is 17.6 Å². The number of carbonyl (C=O) groups is 1. The van der Waals surface area contributed by atoms with Crippen LogP contribution in [-0.2, 0) is 11.3 Å². The van der Waals surface area contributed by atoms with Gasteiger partial charge in [-0.05, 0) is 29.8 Å². The van der Waals surface area contributed by atoms with Crippen molar-refractivity contribution >= 4 is 22.8 Å². The van der Waals surface area contributed by atoms with E-state index in [4.69, 9.17) is 4.74 Å². The number of morpholine rings is 1. The van der Waals surface area contributed by atoms with Crippen molar-refractivity contribution in [3.63, 3.8) is 0 Å². The van der Waals surface area contributed by atoms with Crippen LogP contribution < -0.4 is 10.2 Å². The van der Waals surface area contributed by atoms with Crippen LogP contribution in [0, 0.1) is 0 Å². The zero-order chi connectivity index (χ0) is 17.1. The third kappa shape index (κ3) is 3.43. The van der Waals surface area contributed by atoms with E-state index >= 15 is 0 Å². The molecule has 1 fully saturated rings. The summed E-state index contributed by atoms with van der Waals surface area (Å²) in [5.41, 5.74) is 2.91. The quantitative estimate of drug-likeness (QED) is 0.740. The molecule has 0 radical (unpaired) electrons. The average Bonchev–Trinajstić information content (AvgIpc) is 3.15. The fourth-order valence-corrected chi connectivity index (χ4v) is 2.77. The van der Waals surface area contributed by atoms with Gasteiger partial charge in [0.15, 0.2) is 0 Å². The molecule has 3 heterocycles. The number of anilines is 1. The number of carbonyl (C=O) groups excluding carboxylic acids is 1. The number of nitrogens with zero attached hydrogens (tertiary/aromatic N) is 4. The summed E-state index contributed by atoms with van der Waals surface area (Å²) >= 11 is 0. The zero-order valence-electron chi connectivity index (χ0n) is 13.6. The normalized spacial score (nSPS) is 14.6. The fraction of sp³-hybridized carbons (Fsp3) is 0.294. The van der Waals surface area contributed by atoms with E-state index in [2.05, 4.69) is 30.6 Å². The lowest BCUT2D eigenvalue weighted by Crippen LogP contribution is -2.36. The number of aromatic amines is 1. The summed E-state index contributed by atoms with van der Waals surface area (Å²) in [6, 6.07) is 9.19. The molecule has 2 N–H and O–H groups in total. The fourth-order valence-electron chi connectivity index (χ4n) is 2.77. The summed E-state index contributed by atoms with van der Waals surface area (Å²) < 4.78 is 5.35. The summed E-state index contributed by atoms with van der Waals surface area (Å²) in [6.45, 7) is 3.60. The molecule has 0 saturated carbocycles. The van der Waals surface area contributed by atoms with Crippen LogP contribution in [0.15, 0.2) is 36.5 Å². The highest BCUT2D eigenvalue weighted by atomic mass is 16.5. The molecule has 2 aromatic heterocycles. The van der Waals surface area contributed by atoms with Crippen LogP contribution in [0.4, 0.5) is 5.82 Å². The van der Waals surface area contributed by atoms with Gasteiger partial charge in [-0.2, -0.15) is 15.4 Å². The van der Waals surface area contributed by atoms with E-state index in [1.54, 1.807) is 24.4 Å². The Bertz CT molecular complexity index is 870. The summed E-state index contributed by atoms with van der Waals surface area (Å²) in [7, 11) is 0. The number of fused-ring (bicyclic) bond motifs is 1. The second-order valence-electron chi connectivity index (χ2n) is 5.83. The Balaban J connectivity index is 1.37. The van der Waals surface area contributed by atoms with E-state index in [-0.39, 0.29) is 5.91 Å². The highest BCUT2D eigenvalue weighted by Gasteiger charge is 2.12. The van der Waals surface area contributed by atoms with Crippen molar-refractivity contribution in [2.75, 3.05) is 31.2 Å². The van der Waals surface area contributed by atoms with Crippen LogP contribution in [0.5, 0.6) is 0 Å². The molecule has 1 aromatic carbocycles. The zero-order valence-corrected chi connectivity index (χ0v) is 13.6. The smallest absolute Gasteiger partial charge is 0.251 e. The van der Waals surface area contributed by atoms with E-state index in [0.717, 1.165) is 43.2 Å². The Kier molecular flexibility index (Phi) is 4.26. The van der Waals surface area contributed by atoms with Gasteiger partial charge >= 0.3 is 0 Å². The molecule has 8 heteroatoms. The number of pyridine rings is 1. The molecule has 0 aliphatic carbocycles. The van der Waals surface area contributed by atoms with Crippen molar-refractivity contribution in [1.29, 1.82) is 0 Å². The van der Waals surface area contributed by atoms with Crippen LogP contribution in [0.1, 0.15) is 15.9 Å². The van der Waals surface area contributed by atoms with Crippen molar-refractivity contribution in [3.8, 4) is 0 Å². The number of hydrogen-bond acceptors (Lipinski definition) is 6. The highest BCUT2D eigenvalue weighted by molar-refractivity contribution is 5.97. The first-order chi connectivity index (χ1) is 12.3. The minimum absolute atomic E-state index is 0.151. The van der Waals surface area contributed by atoms with Crippen molar-refractivity contribution in [2.45, 2.75) is 6.54 Å². The lowest BCUT2D eigenvalue weighted by molar-refractivity contribution is 0.0951. The standard InChI is InChI=1S/C17H18N6O2/c24-17(13-2-3-14-15(9-13)21-22-20-14)19-11-12-1-4-16(18-10-12)23-5-7-25-8-6-23/h1-4,9-10H,5-8,11H2,(H,19,24)(H,20,21,22). The second kappa shape index (κ2) is 6.86. The van der Waals surface area contributed by atoms with Crippen LogP contribution in [0.3, 0.4) is 0 Å². The summed E-state index contributed by atoms with van der Waals surface area (Å²) in [5, 5.41) is 13.4. The average molecular weight is 338 g/mol. The Morgan fingerprint density at radius 2 is 2.00 bits per heavy atom. The number of ether oxygens (including phenoxy) is 1. The van der Waals surface area contributed by atoms with Gasteiger partial charge in [0.2, 0.25) is 0 Å². The number of hydrogen-bond donors (Lipinski definition) is 2. The first-order valence-electron chi connectivity index (χ1n) is 8.16. The maximum absolute atomic E-state index is 12.3. The molecule has 1 saturated heterocycles. The Morgan fingerprint density at radius 3 is 2.80 bits per heavy atom. The third-order valence-electron chi connectivity index (χ3n) is 4.18. The molecule has 1 aliphatic rings. The number of amides is 1. The van der Waals surface area contributed by atoms with E-state index in [1.165, 1.54) is 0 Å². The number of aromatic nitrogens is 4. The van der Waals surface area contributed by atoms with Crippen LogP contribution in [-0.4, -0.2) is 52.6 Å². The van der Waals surface area contributed by atoms with E-state index < -0.39 is 0 Å². The Hall–Kier alpha value is -3.00.